The predicted octanol–water partition coefficient (Wildman–Crippen LogP) is -0.324. The van der Waals surface area contributed by atoms with Crippen LogP contribution in [-0.4, -0.2) is 29.7 Å². The molecule has 16 heavy (non-hydrogen) atoms. The van der Waals surface area contributed by atoms with Gasteiger partial charge < -0.3 is 9.67 Å². The van der Waals surface area contributed by atoms with Gasteiger partial charge in [-0.25, -0.2) is 18.5 Å². The van der Waals surface area contributed by atoms with Gasteiger partial charge in [0, 0.05) is 6.54 Å². The Labute approximate surface area is 92.4 Å². The van der Waals surface area contributed by atoms with E-state index in [1.54, 1.807) is 16.7 Å². The molecule has 1 heterocycles. The largest absolute Gasteiger partial charge is 0.395 e. The van der Waals surface area contributed by atoms with Gasteiger partial charge in [0.15, 0.2) is 0 Å². The molecule has 0 unspecified atom stereocenters. The fraction of sp³-hybridized carbons (Fsp3) is 0.222. The zero-order valence-corrected chi connectivity index (χ0v) is 9.18. The van der Waals surface area contributed by atoms with Crippen molar-refractivity contribution < 1.29 is 13.5 Å². The first-order valence-corrected chi connectivity index (χ1v) is 6.16. The summed E-state index contributed by atoms with van der Waals surface area (Å²) in [7, 11) is -3.77. The van der Waals surface area contributed by atoms with Crippen LogP contribution in [0.2, 0.25) is 0 Å². The first kappa shape index (κ1) is 11.1. The second kappa shape index (κ2) is 3.85. The highest BCUT2D eigenvalue weighted by atomic mass is 32.2. The van der Waals surface area contributed by atoms with Crippen molar-refractivity contribution in [2.45, 2.75) is 11.4 Å². The molecule has 7 heteroatoms. The number of nitrogens with zero attached hydrogens (tertiary/aromatic N) is 2. The molecule has 0 spiro atoms. The summed E-state index contributed by atoms with van der Waals surface area (Å²) in [5.74, 6) is 0. The van der Waals surface area contributed by atoms with E-state index in [1.807, 2.05) is 0 Å². The summed E-state index contributed by atoms with van der Waals surface area (Å²) < 4.78 is 24.3. The average molecular weight is 241 g/mol. The number of aliphatic hydroxyl groups excluding tert-OH is 1. The van der Waals surface area contributed by atoms with Crippen molar-refractivity contribution >= 4 is 21.1 Å². The molecule has 6 nitrogen and oxygen atoms in total. The third-order valence-electron chi connectivity index (χ3n) is 2.26. The molecular weight excluding hydrogens is 230 g/mol. The number of primary sulfonamides is 1. The maximum absolute atomic E-state index is 11.3. The van der Waals surface area contributed by atoms with Crippen molar-refractivity contribution in [3.8, 4) is 0 Å². The smallest absolute Gasteiger partial charge is 0.240 e. The number of rotatable bonds is 3. The highest BCUT2D eigenvalue weighted by molar-refractivity contribution is 7.89. The fourth-order valence-corrected chi connectivity index (χ4v) is 2.27. The molecule has 0 aliphatic rings. The van der Waals surface area contributed by atoms with Crippen LogP contribution in [-0.2, 0) is 16.6 Å². The lowest BCUT2D eigenvalue weighted by Crippen LogP contribution is -2.12. The van der Waals surface area contributed by atoms with Crippen LogP contribution in [0.15, 0.2) is 29.4 Å². The summed E-state index contributed by atoms with van der Waals surface area (Å²) >= 11 is 0. The van der Waals surface area contributed by atoms with Gasteiger partial charge in [0.05, 0.1) is 18.5 Å². The van der Waals surface area contributed by atoms with Crippen molar-refractivity contribution in [3.05, 3.63) is 24.5 Å². The van der Waals surface area contributed by atoms with E-state index < -0.39 is 10.0 Å². The van der Waals surface area contributed by atoms with Gasteiger partial charge >= 0.3 is 0 Å². The van der Waals surface area contributed by atoms with Crippen LogP contribution in [0, 0.1) is 0 Å². The number of imidazole rings is 1. The molecule has 0 saturated heterocycles. The molecule has 0 amide bonds. The van der Waals surface area contributed by atoms with Gasteiger partial charge in [-0.1, -0.05) is 6.07 Å². The summed E-state index contributed by atoms with van der Waals surface area (Å²) in [6.07, 6.45) is 1.48. The van der Waals surface area contributed by atoms with Crippen molar-refractivity contribution in [1.82, 2.24) is 9.55 Å². The Kier molecular flexibility index (Phi) is 2.66. The van der Waals surface area contributed by atoms with E-state index in [4.69, 9.17) is 10.2 Å². The Morgan fingerprint density at radius 1 is 1.44 bits per heavy atom. The number of sulfonamides is 1. The van der Waals surface area contributed by atoms with E-state index in [1.165, 1.54) is 12.4 Å². The summed E-state index contributed by atoms with van der Waals surface area (Å²) in [5, 5.41) is 13.9. The Bertz CT molecular complexity index is 618. The van der Waals surface area contributed by atoms with Crippen molar-refractivity contribution in [2.24, 2.45) is 5.14 Å². The van der Waals surface area contributed by atoms with Gasteiger partial charge in [-0.2, -0.15) is 0 Å². The highest BCUT2D eigenvalue weighted by Gasteiger charge is 2.15. The van der Waals surface area contributed by atoms with Crippen LogP contribution in [0.5, 0.6) is 0 Å². The zero-order valence-electron chi connectivity index (χ0n) is 8.37. The number of fused-ring (bicyclic) bond motifs is 1. The van der Waals surface area contributed by atoms with Crippen molar-refractivity contribution in [3.63, 3.8) is 0 Å². The number of hydrogen-bond donors (Lipinski definition) is 2. The number of nitrogens with two attached hydrogens (primary N) is 1. The lowest BCUT2D eigenvalue weighted by atomic mass is 10.3. The second-order valence-corrected chi connectivity index (χ2v) is 4.86. The molecule has 1 aromatic carbocycles. The van der Waals surface area contributed by atoms with E-state index in [0.29, 0.717) is 17.6 Å². The Balaban J connectivity index is 2.72. The number of para-hydroxylation sites is 1. The zero-order chi connectivity index (χ0) is 11.8. The predicted molar refractivity (Wildman–Crippen MR) is 58.2 cm³/mol. The molecule has 0 aliphatic carbocycles. The number of hydrogen-bond acceptors (Lipinski definition) is 4. The summed E-state index contributed by atoms with van der Waals surface area (Å²) in [6.45, 7) is 0.329. The first-order chi connectivity index (χ1) is 7.54. The maximum atomic E-state index is 11.3. The highest BCUT2D eigenvalue weighted by Crippen LogP contribution is 2.20. The van der Waals surface area contributed by atoms with E-state index in [0.717, 1.165) is 0 Å². The van der Waals surface area contributed by atoms with Crippen molar-refractivity contribution in [2.75, 3.05) is 6.61 Å². The first-order valence-electron chi connectivity index (χ1n) is 4.61. The molecule has 0 fully saturated rings. The standard InChI is InChI=1S/C9H11N3O3S/c10-16(14,15)8-3-1-2-7-9(8)11-6-12(7)4-5-13/h1-3,6,13H,4-5H2,(H2,10,14,15). The van der Waals surface area contributed by atoms with Crippen LogP contribution in [0.1, 0.15) is 0 Å². The summed E-state index contributed by atoms with van der Waals surface area (Å²) in [4.78, 5) is 4.00. The molecule has 2 aromatic rings. The molecule has 0 radical (unpaired) electrons. The SMILES string of the molecule is NS(=O)(=O)c1cccc2c1ncn2CCO. The third kappa shape index (κ3) is 1.80. The number of aromatic nitrogens is 2. The molecule has 1 aromatic heterocycles. The fourth-order valence-electron chi connectivity index (χ4n) is 1.58. The lowest BCUT2D eigenvalue weighted by molar-refractivity contribution is 0.278. The van der Waals surface area contributed by atoms with Gasteiger partial charge in [-0.05, 0) is 12.1 Å². The second-order valence-electron chi connectivity index (χ2n) is 3.33. The average Bonchev–Trinajstić information content (AvgIpc) is 2.61. The molecular formula is C9H11N3O3S. The summed E-state index contributed by atoms with van der Waals surface area (Å²) in [5.41, 5.74) is 0.971. The minimum Gasteiger partial charge on any atom is -0.395 e. The van der Waals surface area contributed by atoms with Gasteiger partial charge in [0.25, 0.3) is 0 Å². The molecule has 86 valence electrons. The minimum atomic E-state index is -3.77. The normalized spacial score (nSPS) is 12.1. The number of aliphatic hydroxyl groups is 1. The topological polar surface area (TPSA) is 98.2 Å². The van der Waals surface area contributed by atoms with Gasteiger partial charge in [0.2, 0.25) is 10.0 Å². The Morgan fingerprint density at radius 3 is 2.81 bits per heavy atom. The molecule has 0 aliphatic heterocycles. The van der Waals surface area contributed by atoms with E-state index in [9.17, 15) is 8.42 Å². The molecule has 3 N–H and O–H groups in total. The Hall–Kier alpha value is -1.44. The van der Waals surface area contributed by atoms with E-state index in [-0.39, 0.29) is 11.5 Å². The van der Waals surface area contributed by atoms with Crippen LogP contribution in [0.3, 0.4) is 0 Å². The van der Waals surface area contributed by atoms with Crippen LogP contribution >= 0.6 is 0 Å². The van der Waals surface area contributed by atoms with Gasteiger partial charge in [-0.3, -0.25) is 0 Å². The summed E-state index contributed by atoms with van der Waals surface area (Å²) in [6, 6.07) is 4.73. The minimum absolute atomic E-state index is 0.00156. The molecule has 0 atom stereocenters. The molecule has 0 bridgehead atoms. The quantitative estimate of drug-likeness (QED) is 0.769. The van der Waals surface area contributed by atoms with Crippen LogP contribution < -0.4 is 5.14 Å². The van der Waals surface area contributed by atoms with Crippen molar-refractivity contribution in [1.29, 1.82) is 0 Å². The van der Waals surface area contributed by atoms with Gasteiger partial charge in [-0.15, -0.1) is 0 Å². The Morgan fingerprint density at radius 2 is 2.19 bits per heavy atom. The van der Waals surface area contributed by atoms with E-state index >= 15 is 0 Å². The lowest BCUT2D eigenvalue weighted by Gasteiger charge is -2.02. The van der Waals surface area contributed by atoms with Crippen LogP contribution in [0.4, 0.5) is 0 Å². The monoisotopic (exact) mass is 241 g/mol. The van der Waals surface area contributed by atoms with E-state index in [2.05, 4.69) is 4.98 Å². The molecule has 2 rings (SSSR count). The maximum Gasteiger partial charge on any atom is 0.240 e. The molecule has 0 saturated carbocycles. The van der Waals surface area contributed by atoms with Gasteiger partial charge in [0.1, 0.15) is 10.4 Å². The van der Waals surface area contributed by atoms with Crippen LogP contribution in [0.25, 0.3) is 11.0 Å². The number of benzene rings is 1. The third-order valence-corrected chi connectivity index (χ3v) is 3.20.